The molecular weight excluding hydrogens is 204 g/mol. The minimum Gasteiger partial charge on any atom is -0.494 e. The predicted octanol–water partition coefficient (Wildman–Crippen LogP) is 1.65. The van der Waals surface area contributed by atoms with Gasteiger partial charge in [0.25, 0.3) is 0 Å². The van der Waals surface area contributed by atoms with Crippen molar-refractivity contribution in [2.45, 2.75) is 18.9 Å². The second-order valence-electron chi connectivity index (χ2n) is 3.83. The number of fused-ring (bicyclic) bond motifs is 1. The van der Waals surface area contributed by atoms with Crippen LogP contribution >= 0.6 is 0 Å². The lowest BCUT2D eigenvalue weighted by molar-refractivity contribution is 0.418. The van der Waals surface area contributed by atoms with E-state index >= 15 is 0 Å². The molecule has 0 radical (unpaired) electrons. The first kappa shape index (κ1) is 9.16. The van der Waals surface area contributed by atoms with Crippen molar-refractivity contribution in [2.75, 3.05) is 7.11 Å². The molecule has 0 aromatic carbocycles. The van der Waals surface area contributed by atoms with E-state index in [4.69, 9.17) is 10.00 Å². The molecule has 2 heterocycles. The summed E-state index contributed by atoms with van der Waals surface area (Å²) in [4.78, 5) is 8.57. The molecule has 0 atom stereocenters. The number of rotatable bonds is 2. The van der Waals surface area contributed by atoms with Gasteiger partial charge in [0, 0.05) is 18.3 Å². The van der Waals surface area contributed by atoms with E-state index < -0.39 is 0 Å². The summed E-state index contributed by atoms with van der Waals surface area (Å²) < 4.78 is 7.13. The van der Waals surface area contributed by atoms with Gasteiger partial charge in [-0.3, -0.25) is 4.57 Å². The first-order valence-electron chi connectivity index (χ1n) is 5.16. The molecule has 0 unspecified atom stereocenters. The summed E-state index contributed by atoms with van der Waals surface area (Å²) in [5.41, 5.74) is 1.42. The molecule has 0 saturated heterocycles. The second kappa shape index (κ2) is 3.20. The smallest absolute Gasteiger partial charge is 0.215 e. The molecule has 2 aromatic heterocycles. The van der Waals surface area contributed by atoms with Crippen LogP contribution in [-0.4, -0.2) is 21.6 Å². The van der Waals surface area contributed by atoms with Gasteiger partial charge in [0.2, 0.25) is 5.82 Å². The summed E-state index contributed by atoms with van der Waals surface area (Å²) >= 11 is 0. The summed E-state index contributed by atoms with van der Waals surface area (Å²) in [6.45, 7) is 0. The van der Waals surface area contributed by atoms with Crippen LogP contribution in [0.15, 0.2) is 12.3 Å². The van der Waals surface area contributed by atoms with Crippen LogP contribution in [0.25, 0.3) is 11.2 Å². The monoisotopic (exact) mass is 214 g/mol. The topological polar surface area (TPSA) is 63.7 Å². The number of nitriles is 1. The summed E-state index contributed by atoms with van der Waals surface area (Å²) in [6.07, 6.45) is 3.88. The first-order valence-corrected chi connectivity index (χ1v) is 5.16. The highest BCUT2D eigenvalue weighted by Crippen LogP contribution is 2.39. The van der Waals surface area contributed by atoms with E-state index in [9.17, 15) is 0 Å². The molecule has 2 aromatic rings. The molecule has 0 bridgehead atoms. The predicted molar refractivity (Wildman–Crippen MR) is 57.1 cm³/mol. The third-order valence-electron chi connectivity index (χ3n) is 2.77. The molecule has 0 N–H and O–H groups in total. The second-order valence-corrected chi connectivity index (χ2v) is 3.83. The number of hydrogen-bond acceptors (Lipinski definition) is 4. The zero-order chi connectivity index (χ0) is 11.1. The largest absolute Gasteiger partial charge is 0.494 e. The van der Waals surface area contributed by atoms with Gasteiger partial charge in [-0.2, -0.15) is 5.26 Å². The normalized spacial score (nSPS) is 15.0. The molecule has 16 heavy (non-hydrogen) atoms. The van der Waals surface area contributed by atoms with Gasteiger partial charge in [-0.05, 0) is 12.8 Å². The molecular formula is C11H10N4O. The highest BCUT2D eigenvalue weighted by molar-refractivity contribution is 5.79. The highest BCUT2D eigenvalue weighted by atomic mass is 16.5. The van der Waals surface area contributed by atoms with E-state index in [1.165, 1.54) is 0 Å². The standard InChI is InChI=1S/C11H10N4O/c1-16-8-4-5-13-11-10(8)14-9(6-12)15(11)7-2-3-7/h4-5,7H,2-3H2,1H3. The van der Waals surface area contributed by atoms with Crippen molar-refractivity contribution in [2.24, 2.45) is 0 Å². The van der Waals surface area contributed by atoms with Crippen LogP contribution in [0.3, 0.4) is 0 Å². The number of aromatic nitrogens is 3. The van der Waals surface area contributed by atoms with Crippen molar-refractivity contribution in [3.8, 4) is 11.8 Å². The van der Waals surface area contributed by atoms with Crippen molar-refractivity contribution in [3.63, 3.8) is 0 Å². The van der Waals surface area contributed by atoms with E-state index in [2.05, 4.69) is 16.0 Å². The molecule has 1 aliphatic rings. The lowest BCUT2D eigenvalue weighted by Crippen LogP contribution is -1.98. The van der Waals surface area contributed by atoms with Gasteiger partial charge in [0.1, 0.15) is 11.8 Å². The van der Waals surface area contributed by atoms with Crippen LogP contribution in [0.4, 0.5) is 0 Å². The third-order valence-corrected chi connectivity index (χ3v) is 2.77. The average molecular weight is 214 g/mol. The Bertz CT molecular complexity index is 592. The third kappa shape index (κ3) is 1.16. The zero-order valence-corrected chi connectivity index (χ0v) is 8.84. The molecule has 1 fully saturated rings. The molecule has 0 aliphatic heterocycles. The van der Waals surface area contributed by atoms with Crippen LogP contribution in [0, 0.1) is 11.3 Å². The van der Waals surface area contributed by atoms with Crippen LogP contribution in [0.1, 0.15) is 24.7 Å². The van der Waals surface area contributed by atoms with Crippen molar-refractivity contribution >= 4 is 11.2 Å². The minimum absolute atomic E-state index is 0.388. The molecule has 1 aliphatic carbocycles. The Morgan fingerprint density at radius 3 is 3.00 bits per heavy atom. The lowest BCUT2D eigenvalue weighted by Gasteiger charge is -2.02. The Kier molecular flexibility index (Phi) is 1.83. The van der Waals surface area contributed by atoms with Gasteiger partial charge in [-0.1, -0.05) is 0 Å². The zero-order valence-electron chi connectivity index (χ0n) is 8.84. The van der Waals surface area contributed by atoms with E-state index in [0.717, 1.165) is 18.5 Å². The number of nitrogens with zero attached hydrogens (tertiary/aromatic N) is 4. The van der Waals surface area contributed by atoms with Crippen molar-refractivity contribution in [1.82, 2.24) is 14.5 Å². The Morgan fingerprint density at radius 2 is 2.38 bits per heavy atom. The van der Waals surface area contributed by atoms with Crippen LogP contribution in [-0.2, 0) is 0 Å². The summed E-state index contributed by atoms with van der Waals surface area (Å²) in [5, 5.41) is 9.06. The van der Waals surface area contributed by atoms with E-state index in [-0.39, 0.29) is 0 Å². The highest BCUT2D eigenvalue weighted by Gasteiger charge is 2.29. The molecule has 80 valence electrons. The number of ether oxygens (including phenoxy) is 1. The van der Waals surface area contributed by atoms with Crippen molar-refractivity contribution < 1.29 is 4.74 Å². The van der Waals surface area contributed by atoms with Gasteiger partial charge in [0.05, 0.1) is 7.11 Å². The summed E-state index contributed by atoms with van der Waals surface area (Å²) in [7, 11) is 1.59. The Hall–Kier alpha value is -2.09. The van der Waals surface area contributed by atoms with Gasteiger partial charge in [-0.15, -0.1) is 0 Å². The van der Waals surface area contributed by atoms with Gasteiger partial charge < -0.3 is 4.74 Å². The van der Waals surface area contributed by atoms with Crippen LogP contribution in [0.2, 0.25) is 0 Å². The van der Waals surface area contributed by atoms with Crippen LogP contribution < -0.4 is 4.74 Å². The summed E-state index contributed by atoms with van der Waals surface area (Å²) in [6, 6.07) is 4.26. The summed E-state index contributed by atoms with van der Waals surface area (Å²) in [5.74, 6) is 1.09. The maximum Gasteiger partial charge on any atom is 0.215 e. The Balaban J connectivity index is 2.34. The van der Waals surface area contributed by atoms with E-state index in [1.807, 2.05) is 4.57 Å². The Morgan fingerprint density at radius 1 is 1.56 bits per heavy atom. The SMILES string of the molecule is COc1ccnc2c1nc(C#N)n2C1CC1. The maximum atomic E-state index is 9.06. The average Bonchev–Trinajstić information content (AvgIpc) is 3.08. The molecule has 0 spiro atoms. The Labute approximate surface area is 92.3 Å². The van der Waals surface area contributed by atoms with E-state index in [1.54, 1.807) is 19.4 Å². The first-order chi connectivity index (χ1) is 7.85. The fourth-order valence-electron chi connectivity index (χ4n) is 1.89. The fourth-order valence-corrected chi connectivity index (χ4v) is 1.89. The number of hydrogen-bond donors (Lipinski definition) is 0. The van der Waals surface area contributed by atoms with Gasteiger partial charge in [-0.25, -0.2) is 9.97 Å². The van der Waals surface area contributed by atoms with Crippen molar-refractivity contribution in [3.05, 3.63) is 18.1 Å². The fraction of sp³-hybridized carbons (Fsp3) is 0.364. The van der Waals surface area contributed by atoms with E-state index in [0.29, 0.717) is 23.1 Å². The minimum atomic E-state index is 0.388. The van der Waals surface area contributed by atoms with Crippen LogP contribution in [0.5, 0.6) is 5.75 Å². The number of imidazole rings is 1. The number of methoxy groups -OCH3 is 1. The van der Waals surface area contributed by atoms with Gasteiger partial charge >= 0.3 is 0 Å². The molecule has 1 saturated carbocycles. The molecule has 5 nitrogen and oxygen atoms in total. The maximum absolute atomic E-state index is 9.06. The van der Waals surface area contributed by atoms with Crippen molar-refractivity contribution in [1.29, 1.82) is 5.26 Å². The lowest BCUT2D eigenvalue weighted by atomic mass is 10.4. The molecule has 3 rings (SSSR count). The molecule has 5 heteroatoms. The molecule has 0 amide bonds. The quantitative estimate of drug-likeness (QED) is 0.762. The van der Waals surface area contributed by atoms with Gasteiger partial charge in [0.15, 0.2) is 11.2 Å². The number of pyridine rings is 1.